The number of carbonyl (C=O) groups excluding carboxylic acids is 2. The van der Waals surface area contributed by atoms with Gasteiger partial charge in [0.15, 0.2) is 6.61 Å². The van der Waals surface area contributed by atoms with E-state index in [2.05, 4.69) is 39.9 Å². The lowest BCUT2D eigenvalue weighted by atomic mass is 9.86. The summed E-state index contributed by atoms with van der Waals surface area (Å²) in [5.74, 6) is 0.640. The average molecular weight is 332 g/mol. The molecule has 1 aliphatic heterocycles. The number of carbonyl (C=O) groups is 2. The molecular formula is C19H28N2O3. The van der Waals surface area contributed by atoms with E-state index in [4.69, 9.17) is 4.74 Å². The number of benzene rings is 1. The minimum atomic E-state index is -0.194. The van der Waals surface area contributed by atoms with Gasteiger partial charge in [0.1, 0.15) is 12.3 Å². The van der Waals surface area contributed by atoms with Gasteiger partial charge in [-0.25, -0.2) is 0 Å². The highest BCUT2D eigenvalue weighted by molar-refractivity contribution is 6.02. The van der Waals surface area contributed by atoms with Crippen molar-refractivity contribution in [3.05, 3.63) is 23.8 Å². The number of nitrogens with one attached hydrogen (secondary N) is 1. The minimum Gasteiger partial charge on any atom is -0.482 e. The molecule has 0 saturated carbocycles. The summed E-state index contributed by atoms with van der Waals surface area (Å²) >= 11 is 0. The van der Waals surface area contributed by atoms with Gasteiger partial charge >= 0.3 is 0 Å². The molecule has 1 atom stereocenters. The number of rotatable bonds is 4. The van der Waals surface area contributed by atoms with Crippen LogP contribution in [-0.2, 0) is 15.0 Å². The molecule has 1 aromatic rings. The second kappa shape index (κ2) is 6.83. The van der Waals surface area contributed by atoms with Crippen LogP contribution in [-0.4, -0.2) is 31.0 Å². The number of nitrogens with zero attached hydrogens (tertiary/aromatic N) is 1. The van der Waals surface area contributed by atoms with Crippen molar-refractivity contribution in [3.63, 3.8) is 0 Å². The zero-order valence-corrected chi connectivity index (χ0v) is 15.5. The van der Waals surface area contributed by atoms with Crippen LogP contribution in [0.15, 0.2) is 18.2 Å². The third kappa shape index (κ3) is 4.08. The van der Waals surface area contributed by atoms with Gasteiger partial charge in [0.25, 0.3) is 5.91 Å². The molecule has 1 unspecified atom stereocenters. The Balaban J connectivity index is 2.25. The third-order valence-corrected chi connectivity index (χ3v) is 4.46. The maximum absolute atomic E-state index is 12.3. The molecule has 0 fully saturated rings. The summed E-state index contributed by atoms with van der Waals surface area (Å²) in [6.07, 6.45) is 0. The molecule has 24 heavy (non-hydrogen) atoms. The molecule has 5 nitrogen and oxygen atoms in total. The zero-order chi connectivity index (χ0) is 18.1. The summed E-state index contributed by atoms with van der Waals surface area (Å²) < 4.78 is 5.51. The van der Waals surface area contributed by atoms with Crippen LogP contribution in [0.4, 0.5) is 5.69 Å². The van der Waals surface area contributed by atoms with Crippen LogP contribution in [0, 0.1) is 5.92 Å². The van der Waals surface area contributed by atoms with Crippen LogP contribution in [0.1, 0.15) is 47.1 Å². The predicted octanol–water partition coefficient (Wildman–Crippen LogP) is 2.87. The Morgan fingerprint density at radius 2 is 1.96 bits per heavy atom. The number of fused-ring (bicyclic) bond motifs is 1. The van der Waals surface area contributed by atoms with Crippen molar-refractivity contribution in [1.82, 2.24) is 5.32 Å². The van der Waals surface area contributed by atoms with Gasteiger partial charge in [-0.05, 0) is 36.0 Å². The summed E-state index contributed by atoms with van der Waals surface area (Å²) in [6, 6.07) is 5.90. The van der Waals surface area contributed by atoms with E-state index in [0.29, 0.717) is 17.4 Å². The van der Waals surface area contributed by atoms with E-state index in [9.17, 15) is 9.59 Å². The van der Waals surface area contributed by atoms with E-state index in [-0.39, 0.29) is 36.4 Å². The van der Waals surface area contributed by atoms with Gasteiger partial charge in [0, 0.05) is 6.04 Å². The Bertz CT molecular complexity index is 632. The van der Waals surface area contributed by atoms with Gasteiger partial charge < -0.3 is 10.1 Å². The van der Waals surface area contributed by atoms with Crippen molar-refractivity contribution in [2.75, 3.05) is 18.1 Å². The lowest BCUT2D eigenvalue weighted by molar-refractivity contribution is -0.125. The zero-order valence-electron chi connectivity index (χ0n) is 15.5. The molecule has 0 aromatic heterocycles. The fraction of sp³-hybridized carbons (Fsp3) is 0.579. The fourth-order valence-corrected chi connectivity index (χ4v) is 2.45. The number of ether oxygens (including phenoxy) is 1. The minimum absolute atomic E-state index is 0.0137. The highest BCUT2D eigenvalue weighted by Crippen LogP contribution is 2.36. The van der Waals surface area contributed by atoms with Crippen molar-refractivity contribution in [2.24, 2.45) is 5.92 Å². The topological polar surface area (TPSA) is 58.6 Å². The first-order chi connectivity index (χ1) is 11.1. The summed E-state index contributed by atoms with van der Waals surface area (Å²) in [5, 5.41) is 2.95. The predicted molar refractivity (Wildman–Crippen MR) is 95.4 cm³/mol. The van der Waals surface area contributed by atoms with Gasteiger partial charge in [-0.15, -0.1) is 0 Å². The molecular weight excluding hydrogens is 304 g/mol. The maximum atomic E-state index is 12.3. The first-order valence-electron chi connectivity index (χ1n) is 8.46. The normalized spacial score (nSPS) is 15.8. The molecule has 1 N–H and O–H groups in total. The van der Waals surface area contributed by atoms with Crippen LogP contribution in [0.25, 0.3) is 0 Å². The van der Waals surface area contributed by atoms with E-state index >= 15 is 0 Å². The van der Waals surface area contributed by atoms with Crippen LogP contribution in [0.5, 0.6) is 5.75 Å². The Morgan fingerprint density at radius 3 is 2.54 bits per heavy atom. The third-order valence-electron chi connectivity index (χ3n) is 4.46. The van der Waals surface area contributed by atoms with Crippen LogP contribution < -0.4 is 15.0 Å². The van der Waals surface area contributed by atoms with Crippen LogP contribution >= 0.6 is 0 Å². The SMILES string of the molecule is CC(C)C(C)NC(=O)CN1C(=O)COc2ccc(C(C)(C)C)cc21. The number of hydrogen-bond acceptors (Lipinski definition) is 3. The highest BCUT2D eigenvalue weighted by Gasteiger charge is 2.29. The smallest absolute Gasteiger partial charge is 0.265 e. The van der Waals surface area contributed by atoms with Gasteiger partial charge in [0.05, 0.1) is 5.69 Å². The molecule has 0 spiro atoms. The fourth-order valence-electron chi connectivity index (χ4n) is 2.45. The Kier molecular flexibility index (Phi) is 5.21. The molecule has 1 aromatic carbocycles. The molecule has 0 bridgehead atoms. The highest BCUT2D eigenvalue weighted by atomic mass is 16.5. The van der Waals surface area contributed by atoms with Gasteiger partial charge in [-0.1, -0.05) is 40.7 Å². The van der Waals surface area contributed by atoms with Gasteiger partial charge in [-0.2, -0.15) is 0 Å². The van der Waals surface area contributed by atoms with Crippen LogP contribution in [0.2, 0.25) is 0 Å². The van der Waals surface area contributed by atoms with Crippen molar-refractivity contribution in [2.45, 2.75) is 53.0 Å². The van der Waals surface area contributed by atoms with E-state index in [1.807, 2.05) is 25.1 Å². The molecule has 1 aliphatic rings. The first kappa shape index (κ1) is 18.3. The summed E-state index contributed by atoms with van der Waals surface area (Å²) in [7, 11) is 0. The first-order valence-corrected chi connectivity index (χ1v) is 8.46. The summed E-state index contributed by atoms with van der Waals surface area (Å²) in [6.45, 7) is 12.4. The average Bonchev–Trinajstić information content (AvgIpc) is 2.48. The molecule has 0 saturated heterocycles. The van der Waals surface area contributed by atoms with Crippen molar-refractivity contribution >= 4 is 17.5 Å². The molecule has 2 amide bonds. The summed E-state index contributed by atoms with van der Waals surface area (Å²) in [5.41, 5.74) is 1.72. The Hall–Kier alpha value is -2.04. The standard InChI is InChI=1S/C19H28N2O3/c1-12(2)13(3)20-17(22)10-21-15-9-14(19(4,5)6)7-8-16(15)24-11-18(21)23/h7-9,12-13H,10-11H2,1-6H3,(H,20,22). The van der Waals surface area contributed by atoms with Gasteiger partial charge in [0.2, 0.25) is 5.91 Å². The maximum Gasteiger partial charge on any atom is 0.265 e. The largest absolute Gasteiger partial charge is 0.482 e. The van der Waals surface area contributed by atoms with Gasteiger partial charge in [-0.3, -0.25) is 14.5 Å². The molecule has 2 rings (SSSR count). The van der Waals surface area contributed by atoms with Crippen molar-refractivity contribution in [1.29, 1.82) is 0 Å². The number of amides is 2. The quantitative estimate of drug-likeness (QED) is 0.922. The lowest BCUT2D eigenvalue weighted by Gasteiger charge is -2.31. The second-order valence-electron chi connectivity index (χ2n) is 7.80. The number of anilines is 1. The molecule has 0 radical (unpaired) electrons. The second-order valence-corrected chi connectivity index (χ2v) is 7.80. The van der Waals surface area contributed by atoms with Crippen molar-refractivity contribution in [3.8, 4) is 5.75 Å². The Labute approximate surface area is 144 Å². The monoisotopic (exact) mass is 332 g/mol. The molecule has 132 valence electrons. The lowest BCUT2D eigenvalue weighted by Crippen LogP contribution is -2.47. The van der Waals surface area contributed by atoms with Crippen LogP contribution in [0.3, 0.4) is 0 Å². The van der Waals surface area contributed by atoms with Crippen molar-refractivity contribution < 1.29 is 14.3 Å². The number of hydrogen-bond donors (Lipinski definition) is 1. The summed E-state index contributed by atoms with van der Waals surface area (Å²) in [4.78, 5) is 26.1. The Morgan fingerprint density at radius 1 is 1.29 bits per heavy atom. The van der Waals surface area contributed by atoms with E-state index in [0.717, 1.165) is 5.56 Å². The van der Waals surface area contributed by atoms with E-state index in [1.165, 1.54) is 4.90 Å². The molecule has 1 heterocycles. The molecule has 5 heteroatoms. The van der Waals surface area contributed by atoms with E-state index in [1.54, 1.807) is 0 Å². The molecule has 0 aliphatic carbocycles. The van der Waals surface area contributed by atoms with E-state index < -0.39 is 0 Å².